The van der Waals surface area contributed by atoms with E-state index in [9.17, 15) is 4.79 Å². The third-order valence-electron chi connectivity index (χ3n) is 2.58. The highest BCUT2D eigenvalue weighted by Gasteiger charge is 2.19. The molecule has 19 heavy (non-hydrogen) atoms. The fourth-order valence-electron chi connectivity index (χ4n) is 1.59. The van der Waals surface area contributed by atoms with Crippen LogP contribution >= 0.6 is 11.3 Å². The number of aliphatic hydroxyl groups is 1. The maximum Gasteiger partial charge on any atom is 0.265 e. The van der Waals surface area contributed by atoms with Gasteiger partial charge in [-0.1, -0.05) is 18.3 Å². The number of aliphatic hydroxyl groups excluding tert-OH is 1. The van der Waals surface area contributed by atoms with Crippen molar-refractivity contribution in [2.45, 2.75) is 45.7 Å². The third kappa shape index (κ3) is 4.68. The van der Waals surface area contributed by atoms with Gasteiger partial charge in [0.1, 0.15) is 10.7 Å². The Balaban J connectivity index is 2.73. The van der Waals surface area contributed by atoms with Crippen LogP contribution in [0.2, 0.25) is 0 Å². The van der Waals surface area contributed by atoms with Crippen LogP contribution in [-0.4, -0.2) is 34.7 Å². The second kappa shape index (κ2) is 7.30. The zero-order valence-corrected chi connectivity index (χ0v) is 12.4. The summed E-state index contributed by atoms with van der Waals surface area (Å²) >= 11 is 1.24. The van der Waals surface area contributed by atoms with Gasteiger partial charge < -0.3 is 21.5 Å². The number of nitrogens with one attached hydrogen (secondary N) is 2. The Morgan fingerprint density at radius 3 is 2.74 bits per heavy atom. The number of rotatable bonds is 7. The average Bonchev–Trinajstić information content (AvgIpc) is 2.68. The van der Waals surface area contributed by atoms with Crippen molar-refractivity contribution in [3.63, 3.8) is 0 Å². The lowest BCUT2D eigenvalue weighted by molar-refractivity contribution is 0.0934. The molecule has 0 spiro atoms. The molecule has 1 amide bonds. The van der Waals surface area contributed by atoms with Crippen LogP contribution in [0.4, 0.5) is 10.9 Å². The van der Waals surface area contributed by atoms with Gasteiger partial charge in [-0.15, -0.1) is 0 Å². The van der Waals surface area contributed by atoms with E-state index in [1.165, 1.54) is 11.3 Å². The molecule has 5 N–H and O–H groups in total. The minimum absolute atomic E-state index is 0.0412. The van der Waals surface area contributed by atoms with E-state index >= 15 is 0 Å². The Kier molecular flexibility index (Phi) is 6.04. The minimum Gasteiger partial charge on any atom is -0.396 e. The molecule has 1 aromatic rings. The first kappa shape index (κ1) is 15.7. The van der Waals surface area contributed by atoms with Gasteiger partial charge in [0.25, 0.3) is 5.91 Å². The lowest BCUT2D eigenvalue weighted by Crippen LogP contribution is -2.34. The van der Waals surface area contributed by atoms with Crippen molar-refractivity contribution in [2.75, 3.05) is 17.7 Å². The molecule has 1 unspecified atom stereocenters. The van der Waals surface area contributed by atoms with Crippen molar-refractivity contribution in [3.05, 3.63) is 4.88 Å². The molecule has 0 radical (unpaired) electrons. The molecule has 7 heteroatoms. The lowest BCUT2D eigenvalue weighted by Gasteiger charge is -2.14. The van der Waals surface area contributed by atoms with Gasteiger partial charge in [-0.25, -0.2) is 4.98 Å². The van der Waals surface area contributed by atoms with Crippen molar-refractivity contribution in [3.8, 4) is 0 Å². The number of carbonyl (C=O) groups excluding carboxylic acids is 1. The van der Waals surface area contributed by atoms with Crippen LogP contribution in [0.3, 0.4) is 0 Å². The first-order valence-corrected chi connectivity index (χ1v) is 7.24. The fourth-order valence-corrected chi connectivity index (χ4v) is 2.52. The van der Waals surface area contributed by atoms with Gasteiger partial charge in [0.05, 0.1) is 0 Å². The highest BCUT2D eigenvalue weighted by molar-refractivity contribution is 7.18. The smallest absolute Gasteiger partial charge is 0.265 e. The quantitative estimate of drug-likeness (QED) is 0.607. The Morgan fingerprint density at radius 2 is 2.21 bits per heavy atom. The number of nitrogen functional groups attached to an aromatic ring is 1. The maximum absolute atomic E-state index is 12.1. The normalized spacial score (nSPS) is 12.5. The SMILES string of the molecule is CCC(CCO)NC(=O)c1sc(NC(C)C)nc1N. The number of anilines is 2. The molecule has 1 aromatic heterocycles. The molecule has 0 bridgehead atoms. The number of nitrogens with two attached hydrogens (primary N) is 1. The zero-order valence-electron chi connectivity index (χ0n) is 11.6. The molecule has 108 valence electrons. The van der Waals surface area contributed by atoms with Crippen molar-refractivity contribution < 1.29 is 9.90 Å². The lowest BCUT2D eigenvalue weighted by atomic mass is 10.1. The van der Waals surface area contributed by atoms with Gasteiger partial charge in [0.2, 0.25) is 0 Å². The molecule has 0 aliphatic carbocycles. The predicted molar refractivity (Wildman–Crippen MR) is 78.5 cm³/mol. The molecule has 0 saturated carbocycles. The molecule has 0 fully saturated rings. The molecule has 6 nitrogen and oxygen atoms in total. The summed E-state index contributed by atoms with van der Waals surface area (Å²) in [6.07, 6.45) is 1.31. The summed E-state index contributed by atoms with van der Waals surface area (Å²) in [5.74, 6) is 0.0107. The van der Waals surface area contributed by atoms with Crippen LogP contribution in [0.15, 0.2) is 0 Å². The molecule has 0 saturated heterocycles. The number of carbonyl (C=O) groups is 1. The van der Waals surface area contributed by atoms with Gasteiger partial charge in [-0.3, -0.25) is 4.79 Å². The zero-order chi connectivity index (χ0) is 14.4. The van der Waals surface area contributed by atoms with Gasteiger partial charge in [-0.2, -0.15) is 0 Å². The van der Waals surface area contributed by atoms with Crippen LogP contribution in [0.5, 0.6) is 0 Å². The largest absolute Gasteiger partial charge is 0.396 e. The minimum atomic E-state index is -0.230. The van der Waals surface area contributed by atoms with Crippen molar-refractivity contribution in [1.82, 2.24) is 10.3 Å². The molecule has 1 heterocycles. The first-order valence-electron chi connectivity index (χ1n) is 6.42. The van der Waals surface area contributed by atoms with Crippen LogP contribution < -0.4 is 16.4 Å². The van der Waals surface area contributed by atoms with E-state index in [1.807, 2.05) is 20.8 Å². The first-order chi connectivity index (χ1) is 8.97. The number of aromatic nitrogens is 1. The third-order valence-corrected chi connectivity index (χ3v) is 3.58. The Bertz CT molecular complexity index is 420. The summed E-state index contributed by atoms with van der Waals surface area (Å²) in [5, 5.41) is 15.5. The Hall–Kier alpha value is -1.34. The van der Waals surface area contributed by atoms with E-state index in [1.54, 1.807) is 0 Å². The molecular formula is C12H22N4O2S. The topological polar surface area (TPSA) is 100 Å². The summed E-state index contributed by atoms with van der Waals surface area (Å²) in [4.78, 5) is 16.6. The molecule has 0 aromatic carbocycles. The summed E-state index contributed by atoms with van der Waals surface area (Å²) in [6, 6.07) is 0.194. The van der Waals surface area contributed by atoms with E-state index in [4.69, 9.17) is 10.8 Å². The van der Waals surface area contributed by atoms with Crippen molar-refractivity contribution in [1.29, 1.82) is 0 Å². The monoisotopic (exact) mass is 286 g/mol. The van der Waals surface area contributed by atoms with E-state index in [2.05, 4.69) is 15.6 Å². The molecule has 1 rings (SSSR count). The van der Waals surface area contributed by atoms with Gasteiger partial charge in [-0.05, 0) is 26.7 Å². The van der Waals surface area contributed by atoms with Gasteiger partial charge in [0, 0.05) is 18.7 Å². The van der Waals surface area contributed by atoms with E-state index in [0.29, 0.717) is 16.4 Å². The number of nitrogens with zero attached hydrogens (tertiary/aromatic N) is 1. The van der Waals surface area contributed by atoms with Crippen LogP contribution in [-0.2, 0) is 0 Å². The molecule has 1 atom stereocenters. The summed E-state index contributed by atoms with van der Waals surface area (Å²) in [5.41, 5.74) is 5.76. The maximum atomic E-state index is 12.1. The van der Waals surface area contributed by atoms with Gasteiger partial charge in [0.15, 0.2) is 5.13 Å². The summed E-state index contributed by atoms with van der Waals surface area (Å²) < 4.78 is 0. The molecular weight excluding hydrogens is 264 g/mol. The molecule has 0 aliphatic rings. The number of amides is 1. The number of hydrogen-bond donors (Lipinski definition) is 4. The van der Waals surface area contributed by atoms with Crippen molar-refractivity contribution in [2.24, 2.45) is 0 Å². The van der Waals surface area contributed by atoms with Crippen LogP contribution in [0.25, 0.3) is 0 Å². The predicted octanol–water partition coefficient (Wildman–Crippen LogP) is 1.44. The summed E-state index contributed by atoms with van der Waals surface area (Å²) in [7, 11) is 0. The number of hydrogen-bond acceptors (Lipinski definition) is 6. The second-order valence-electron chi connectivity index (χ2n) is 4.62. The Labute approximate surface area is 117 Å². The van der Waals surface area contributed by atoms with E-state index < -0.39 is 0 Å². The fraction of sp³-hybridized carbons (Fsp3) is 0.667. The van der Waals surface area contributed by atoms with Crippen molar-refractivity contribution >= 4 is 28.2 Å². The van der Waals surface area contributed by atoms with E-state index in [0.717, 1.165) is 6.42 Å². The second-order valence-corrected chi connectivity index (χ2v) is 5.62. The number of thiazole rings is 1. The molecule has 0 aliphatic heterocycles. The Morgan fingerprint density at radius 1 is 1.53 bits per heavy atom. The average molecular weight is 286 g/mol. The van der Waals surface area contributed by atoms with Gasteiger partial charge >= 0.3 is 0 Å². The van der Waals surface area contributed by atoms with Crippen LogP contribution in [0, 0.1) is 0 Å². The van der Waals surface area contributed by atoms with E-state index in [-0.39, 0.29) is 30.4 Å². The highest BCUT2D eigenvalue weighted by Crippen LogP contribution is 2.25. The summed E-state index contributed by atoms with van der Waals surface area (Å²) in [6.45, 7) is 6.00. The van der Waals surface area contributed by atoms with Crippen LogP contribution in [0.1, 0.15) is 43.3 Å². The standard InChI is InChI=1S/C12H22N4O2S/c1-4-8(5-6-17)15-11(18)9-10(13)16-12(19-9)14-7(2)3/h7-8,17H,4-6,13H2,1-3H3,(H,14,16)(H,15,18). The highest BCUT2D eigenvalue weighted by atomic mass is 32.1.